The Bertz CT molecular complexity index is 546. The predicted octanol–water partition coefficient (Wildman–Crippen LogP) is 2.24. The molecule has 0 saturated heterocycles. The lowest BCUT2D eigenvalue weighted by Crippen LogP contribution is -2.07. The Labute approximate surface area is 106 Å². The van der Waals surface area contributed by atoms with Crippen molar-refractivity contribution in [3.05, 3.63) is 47.8 Å². The molecule has 2 rings (SSSR count). The van der Waals surface area contributed by atoms with Crippen molar-refractivity contribution >= 4 is 5.78 Å². The highest BCUT2D eigenvalue weighted by molar-refractivity contribution is 5.99. The van der Waals surface area contributed by atoms with Crippen LogP contribution in [0.5, 0.6) is 5.75 Å². The van der Waals surface area contributed by atoms with Crippen molar-refractivity contribution in [1.82, 2.24) is 9.78 Å². The molecule has 0 amide bonds. The van der Waals surface area contributed by atoms with Crippen LogP contribution in [0.25, 0.3) is 0 Å². The second-order valence-electron chi connectivity index (χ2n) is 4.01. The van der Waals surface area contributed by atoms with E-state index in [2.05, 4.69) is 5.10 Å². The summed E-state index contributed by atoms with van der Waals surface area (Å²) in [5, 5.41) is 4.21. The summed E-state index contributed by atoms with van der Waals surface area (Å²) < 4.78 is 7.15. The van der Waals surface area contributed by atoms with Crippen molar-refractivity contribution in [2.45, 2.75) is 13.3 Å². The van der Waals surface area contributed by atoms with Gasteiger partial charge in [-0.3, -0.25) is 9.48 Å². The van der Waals surface area contributed by atoms with Crippen LogP contribution >= 0.6 is 0 Å². The first-order chi connectivity index (χ1) is 8.70. The molecular formula is C14H16N2O2. The molecule has 2 aromatic rings. The van der Waals surface area contributed by atoms with E-state index in [4.69, 9.17) is 4.74 Å². The van der Waals surface area contributed by atoms with Crippen molar-refractivity contribution in [3.8, 4) is 5.75 Å². The van der Waals surface area contributed by atoms with Gasteiger partial charge in [0.15, 0.2) is 5.78 Å². The first-order valence-electron chi connectivity index (χ1n) is 5.94. The maximum Gasteiger partial charge on any atom is 0.172 e. The van der Waals surface area contributed by atoms with Gasteiger partial charge in [0.2, 0.25) is 0 Å². The number of carbonyl (C=O) groups is 1. The highest BCUT2D eigenvalue weighted by Crippen LogP contribution is 2.19. The van der Waals surface area contributed by atoms with E-state index >= 15 is 0 Å². The van der Waals surface area contributed by atoms with Crippen molar-refractivity contribution < 1.29 is 9.53 Å². The number of benzene rings is 1. The second kappa shape index (κ2) is 5.49. The van der Waals surface area contributed by atoms with Gasteiger partial charge >= 0.3 is 0 Å². The third-order valence-electron chi connectivity index (χ3n) is 2.60. The van der Waals surface area contributed by atoms with Gasteiger partial charge in [-0.1, -0.05) is 12.1 Å². The zero-order valence-corrected chi connectivity index (χ0v) is 10.6. The fourth-order valence-corrected chi connectivity index (χ4v) is 1.80. The van der Waals surface area contributed by atoms with E-state index in [1.807, 2.05) is 44.4 Å². The molecule has 0 saturated carbocycles. The van der Waals surface area contributed by atoms with E-state index in [0.29, 0.717) is 24.3 Å². The summed E-state index contributed by atoms with van der Waals surface area (Å²) in [4.78, 5) is 12.2. The molecule has 0 fully saturated rings. The maximum absolute atomic E-state index is 12.2. The highest BCUT2D eigenvalue weighted by atomic mass is 16.5. The number of ketones is 1. The van der Waals surface area contributed by atoms with Crippen molar-refractivity contribution in [1.29, 1.82) is 0 Å². The third kappa shape index (κ3) is 2.77. The molecule has 0 unspecified atom stereocenters. The second-order valence-corrected chi connectivity index (χ2v) is 4.01. The summed E-state index contributed by atoms with van der Waals surface area (Å²) in [6.45, 7) is 2.45. The molecule has 0 aliphatic carbocycles. The molecule has 0 spiro atoms. The number of hydrogen-bond donors (Lipinski definition) is 0. The van der Waals surface area contributed by atoms with Gasteiger partial charge in [-0.15, -0.1) is 0 Å². The molecular weight excluding hydrogens is 228 g/mol. The Morgan fingerprint density at radius 2 is 2.11 bits per heavy atom. The zero-order valence-electron chi connectivity index (χ0n) is 10.6. The van der Waals surface area contributed by atoms with Gasteiger partial charge in [-0.25, -0.2) is 0 Å². The van der Waals surface area contributed by atoms with Crippen LogP contribution in [0.15, 0.2) is 36.5 Å². The van der Waals surface area contributed by atoms with E-state index in [0.717, 1.165) is 5.69 Å². The van der Waals surface area contributed by atoms with Crippen LogP contribution in [0.2, 0.25) is 0 Å². The maximum atomic E-state index is 12.2. The molecule has 0 N–H and O–H groups in total. The fraction of sp³-hybridized carbons (Fsp3) is 0.286. The first kappa shape index (κ1) is 12.4. The van der Waals surface area contributed by atoms with Crippen LogP contribution < -0.4 is 4.74 Å². The minimum Gasteiger partial charge on any atom is -0.493 e. The molecule has 0 aliphatic heterocycles. The summed E-state index contributed by atoms with van der Waals surface area (Å²) in [7, 11) is 1.84. The lowest BCUT2D eigenvalue weighted by Gasteiger charge is -2.08. The zero-order chi connectivity index (χ0) is 13.0. The third-order valence-corrected chi connectivity index (χ3v) is 2.60. The minimum atomic E-state index is 0.0257. The Hall–Kier alpha value is -2.10. The molecule has 4 heteroatoms. The SMILES string of the molecule is CCOc1ccccc1C(=O)Cc1ccn(C)n1. The van der Waals surface area contributed by atoms with Gasteiger partial charge in [0, 0.05) is 13.2 Å². The van der Waals surface area contributed by atoms with Crippen molar-refractivity contribution in [2.75, 3.05) is 6.61 Å². The van der Waals surface area contributed by atoms with Gasteiger partial charge in [-0.05, 0) is 25.1 Å². The van der Waals surface area contributed by atoms with Gasteiger partial charge in [0.25, 0.3) is 0 Å². The van der Waals surface area contributed by atoms with Crippen LogP contribution in [0.4, 0.5) is 0 Å². The molecule has 18 heavy (non-hydrogen) atoms. The van der Waals surface area contributed by atoms with Gasteiger partial charge in [0.05, 0.1) is 24.3 Å². The number of para-hydroxylation sites is 1. The average molecular weight is 244 g/mol. The Morgan fingerprint density at radius 1 is 1.33 bits per heavy atom. The number of aryl methyl sites for hydroxylation is 1. The van der Waals surface area contributed by atoms with Gasteiger partial charge < -0.3 is 4.74 Å². The molecule has 0 atom stereocenters. The normalized spacial score (nSPS) is 10.3. The number of aromatic nitrogens is 2. The molecule has 1 aromatic heterocycles. The monoisotopic (exact) mass is 244 g/mol. The minimum absolute atomic E-state index is 0.0257. The molecule has 1 aromatic carbocycles. The van der Waals surface area contributed by atoms with E-state index in [1.54, 1.807) is 10.7 Å². The Morgan fingerprint density at radius 3 is 2.78 bits per heavy atom. The van der Waals surface area contributed by atoms with Gasteiger partial charge in [0.1, 0.15) is 5.75 Å². The summed E-state index contributed by atoms with van der Waals surface area (Å²) in [6.07, 6.45) is 2.13. The number of nitrogens with zero attached hydrogens (tertiary/aromatic N) is 2. The predicted molar refractivity (Wildman–Crippen MR) is 68.9 cm³/mol. The molecule has 0 bridgehead atoms. The number of Topliss-reactive ketones (excluding diaryl/α,β-unsaturated/α-hetero) is 1. The molecule has 94 valence electrons. The fourth-order valence-electron chi connectivity index (χ4n) is 1.80. The number of ether oxygens (including phenoxy) is 1. The molecule has 4 nitrogen and oxygen atoms in total. The van der Waals surface area contributed by atoms with Crippen LogP contribution in [-0.2, 0) is 13.5 Å². The summed E-state index contributed by atoms with van der Waals surface area (Å²) in [5.74, 6) is 0.665. The lowest BCUT2D eigenvalue weighted by molar-refractivity contribution is 0.0988. The van der Waals surface area contributed by atoms with Crippen LogP contribution in [0, 0.1) is 0 Å². The van der Waals surface area contributed by atoms with Gasteiger partial charge in [-0.2, -0.15) is 5.10 Å². The molecule has 1 heterocycles. The van der Waals surface area contributed by atoms with E-state index in [9.17, 15) is 4.79 Å². The average Bonchev–Trinajstić information content (AvgIpc) is 2.76. The van der Waals surface area contributed by atoms with Crippen molar-refractivity contribution in [3.63, 3.8) is 0 Å². The van der Waals surface area contributed by atoms with Crippen LogP contribution in [0.3, 0.4) is 0 Å². The smallest absolute Gasteiger partial charge is 0.172 e. The summed E-state index contributed by atoms with van der Waals surface area (Å²) in [5.41, 5.74) is 1.39. The van der Waals surface area contributed by atoms with E-state index in [-0.39, 0.29) is 5.78 Å². The number of hydrogen-bond acceptors (Lipinski definition) is 3. The largest absolute Gasteiger partial charge is 0.493 e. The summed E-state index contributed by atoms with van der Waals surface area (Å²) in [6, 6.07) is 9.16. The van der Waals surface area contributed by atoms with E-state index < -0.39 is 0 Å². The molecule has 0 radical (unpaired) electrons. The standard InChI is InChI=1S/C14H16N2O2/c1-3-18-14-7-5-4-6-12(14)13(17)10-11-8-9-16(2)15-11/h4-9H,3,10H2,1-2H3. The Balaban J connectivity index is 2.18. The van der Waals surface area contributed by atoms with Crippen LogP contribution in [0.1, 0.15) is 23.0 Å². The highest BCUT2D eigenvalue weighted by Gasteiger charge is 2.13. The topological polar surface area (TPSA) is 44.1 Å². The van der Waals surface area contributed by atoms with E-state index in [1.165, 1.54) is 0 Å². The van der Waals surface area contributed by atoms with Crippen LogP contribution in [-0.4, -0.2) is 22.2 Å². The first-order valence-corrected chi connectivity index (χ1v) is 5.94. The van der Waals surface area contributed by atoms with Crippen molar-refractivity contribution in [2.24, 2.45) is 7.05 Å². The lowest BCUT2D eigenvalue weighted by atomic mass is 10.1. The summed E-state index contributed by atoms with van der Waals surface area (Å²) >= 11 is 0. The quantitative estimate of drug-likeness (QED) is 0.758. The molecule has 0 aliphatic rings. The number of rotatable bonds is 5. The Kier molecular flexibility index (Phi) is 3.77. The number of carbonyl (C=O) groups excluding carboxylic acids is 1.